The summed E-state index contributed by atoms with van der Waals surface area (Å²) in [6.45, 7) is 4.17. The molecule has 0 radical (unpaired) electrons. The quantitative estimate of drug-likeness (QED) is 0.688. The number of benzene rings is 1. The molecule has 4 rings (SSSR count). The van der Waals surface area contributed by atoms with Crippen LogP contribution in [0, 0.1) is 6.92 Å². The highest BCUT2D eigenvalue weighted by Gasteiger charge is 2.37. The van der Waals surface area contributed by atoms with Crippen LogP contribution in [0.4, 0.5) is 24.7 Å². The summed E-state index contributed by atoms with van der Waals surface area (Å²) in [5.74, 6) is -0.754. The highest BCUT2D eigenvalue weighted by Crippen LogP contribution is 2.34. The number of rotatable bonds is 3. The molecule has 30 heavy (non-hydrogen) atoms. The van der Waals surface area contributed by atoms with E-state index < -0.39 is 23.4 Å². The number of carbonyl (C=O) groups excluding carboxylic acids is 2. The number of Topliss-reactive ketones (excluding diaryl/α,β-unsaturated/α-hetero) is 1. The van der Waals surface area contributed by atoms with Gasteiger partial charge in [0.25, 0.3) is 5.78 Å². The van der Waals surface area contributed by atoms with Gasteiger partial charge < -0.3 is 4.90 Å². The predicted molar refractivity (Wildman–Crippen MR) is 106 cm³/mol. The van der Waals surface area contributed by atoms with E-state index in [0.717, 1.165) is 17.8 Å². The number of nitrogens with zero attached hydrogens (tertiary/aromatic N) is 4. The Labute approximate surface area is 175 Å². The monoisotopic (exact) mass is 438 g/mol. The van der Waals surface area contributed by atoms with Crippen molar-refractivity contribution < 1.29 is 22.8 Å². The lowest BCUT2D eigenvalue weighted by Crippen LogP contribution is -2.51. The Morgan fingerprint density at radius 2 is 1.80 bits per heavy atom. The Hall–Kier alpha value is -2.65. The first-order chi connectivity index (χ1) is 14.1. The maximum Gasteiger partial charge on any atom is 0.417 e. The third kappa shape index (κ3) is 3.75. The fourth-order valence-electron chi connectivity index (χ4n) is 3.67. The molecule has 6 nitrogen and oxygen atoms in total. The van der Waals surface area contributed by atoms with Crippen molar-refractivity contribution in [2.24, 2.45) is 0 Å². The zero-order valence-electron chi connectivity index (χ0n) is 16.0. The van der Waals surface area contributed by atoms with Crippen LogP contribution in [0.15, 0.2) is 30.5 Å². The van der Waals surface area contributed by atoms with E-state index in [2.05, 4.69) is 4.98 Å². The van der Waals surface area contributed by atoms with Gasteiger partial charge in [-0.2, -0.15) is 13.2 Å². The molecular formula is C20H18ClF3N4O2. The maximum atomic E-state index is 12.8. The molecule has 3 heterocycles. The number of fused-ring (bicyclic) bond motifs is 1. The molecule has 2 aliphatic rings. The molecule has 1 amide bonds. The van der Waals surface area contributed by atoms with E-state index in [0.29, 0.717) is 43.2 Å². The van der Waals surface area contributed by atoms with Crippen molar-refractivity contribution >= 4 is 34.8 Å². The minimum absolute atomic E-state index is 0.0529. The first-order valence-corrected chi connectivity index (χ1v) is 9.70. The summed E-state index contributed by atoms with van der Waals surface area (Å²) in [5, 5.41) is -0.0529. The van der Waals surface area contributed by atoms with Gasteiger partial charge in [-0.15, -0.1) is 0 Å². The summed E-state index contributed by atoms with van der Waals surface area (Å²) in [6.07, 6.45) is -3.72. The van der Waals surface area contributed by atoms with Crippen molar-refractivity contribution in [3.8, 4) is 0 Å². The number of halogens is 4. The summed E-state index contributed by atoms with van der Waals surface area (Å²) < 4.78 is 38.4. The van der Waals surface area contributed by atoms with Crippen LogP contribution >= 0.6 is 11.6 Å². The second kappa shape index (κ2) is 7.55. The third-order valence-corrected chi connectivity index (χ3v) is 5.57. The zero-order valence-corrected chi connectivity index (χ0v) is 16.8. The van der Waals surface area contributed by atoms with Gasteiger partial charge in [0.05, 0.1) is 28.5 Å². The van der Waals surface area contributed by atoms with Gasteiger partial charge in [0, 0.05) is 32.4 Å². The van der Waals surface area contributed by atoms with Crippen molar-refractivity contribution in [2.45, 2.75) is 13.1 Å². The minimum Gasteiger partial charge on any atom is -0.353 e. The first-order valence-electron chi connectivity index (χ1n) is 9.32. The summed E-state index contributed by atoms with van der Waals surface area (Å²) in [4.78, 5) is 33.9. The smallest absolute Gasteiger partial charge is 0.353 e. The Morgan fingerprint density at radius 1 is 1.10 bits per heavy atom. The number of carbonyl (C=O) groups is 2. The average Bonchev–Trinajstić information content (AvgIpc) is 2.92. The van der Waals surface area contributed by atoms with Crippen LogP contribution in [0.3, 0.4) is 0 Å². The Morgan fingerprint density at radius 3 is 2.43 bits per heavy atom. The van der Waals surface area contributed by atoms with E-state index in [1.807, 2.05) is 22.8 Å². The van der Waals surface area contributed by atoms with E-state index in [9.17, 15) is 22.8 Å². The Balaban J connectivity index is 1.43. The van der Waals surface area contributed by atoms with Crippen LogP contribution in [-0.4, -0.2) is 54.4 Å². The molecule has 1 aromatic heterocycles. The molecule has 10 heteroatoms. The SMILES string of the molecule is Cc1ccc2c(c1)C(=O)C(=O)N2CN1CCN(c2ncc(C(F)(F)F)cc2Cl)CC1. The molecule has 0 spiro atoms. The van der Waals surface area contributed by atoms with Crippen LogP contribution < -0.4 is 9.80 Å². The second-order valence-electron chi connectivity index (χ2n) is 7.36. The number of anilines is 2. The fourth-order valence-corrected chi connectivity index (χ4v) is 3.96. The van der Waals surface area contributed by atoms with Crippen LogP contribution in [-0.2, 0) is 11.0 Å². The number of aromatic nitrogens is 1. The number of amides is 1. The highest BCUT2D eigenvalue weighted by atomic mass is 35.5. The van der Waals surface area contributed by atoms with Crippen LogP contribution in [0.25, 0.3) is 0 Å². The fraction of sp³-hybridized carbons (Fsp3) is 0.350. The third-order valence-electron chi connectivity index (χ3n) is 5.29. The van der Waals surface area contributed by atoms with Crippen molar-refractivity contribution in [2.75, 3.05) is 42.6 Å². The van der Waals surface area contributed by atoms with Crippen molar-refractivity contribution in [1.82, 2.24) is 9.88 Å². The van der Waals surface area contributed by atoms with Crippen LogP contribution in [0.1, 0.15) is 21.5 Å². The second-order valence-corrected chi connectivity index (χ2v) is 7.76. The Bertz CT molecular complexity index is 1020. The summed E-state index contributed by atoms with van der Waals surface area (Å²) in [5.41, 5.74) is 1.04. The highest BCUT2D eigenvalue weighted by molar-refractivity contribution is 6.52. The van der Waals surface area contributed by atoms with Gasteiger partial charge >= 0.3 is 12.1 Å². The topological polar surface area (TPSA) is 56.8 Å². The average molecular weight is 439 g/mol. The predicted octanol–water partition coefficient (Wildman–Crippen LogP) is 3.37. The van der Waals surface area contributed by atoms with Gasteiger partial charge in [0.1, 0.15) is 5.82 Å². The molecule has 0 N–H and O–H groups in total. The molecule has 0 atom stereocenters. The van der Waals surface area contributed by atoms with Crippen molar-refractivity contribution in [3.05, 3.63) is 52.2 Å². The summed E-state index contributed by atoms with van der Waals surface area (Å²) in [7, 11) is 0. The molecule has 158 valence electrons. The summed E-state index contributed by atoms with van der Waals surface area (Å²) >= 11 is 6.04. The van der Waals surface area contributed by atoms with Crippen LogP contribution in [0.2, 0.25) is 5.02 Å². The lowest BCUT2D eigenvalue weighted by Gasteiger charge is -2.37. The molecule has 1 fully saturated rings. The number of alkyl halides is 3. The molecule has 0 aliphatic carbocycles. The van der Waals surface area contributed by atoms with E-state index in [-0.39, 0.29) is 11.7 Å². The Kier molecular flexibility index (Phi) is 5.19. The van der Waals surface area contributed by atoms with Gasteiger partial charge in [-0.05, 0) is 25.1 Å². The number of piperazine rings is 1. The normalized spacial score (nSPS) is 17.6. The molecule has 0 saturated carbocycles. The van der Waals surface area contributed by atoms with E-state index in [1.165, 1.54) is 4.90 Å². The number of hydrogen-bond donors (Lipinski definition) is 0. The van der Waals surface area contributed by atoms with Gasteiger partial charge in [-0.3, -0.25) is 19.4 Å². The zero-order chi connectivity index (χ0) is 21.6. The number of aryl methyl sites for hydroxylation is 1. The lowest BCUT2D eigenvalue weighted by molar-refractivity contribution is -0.137. The molecule has 2 aliphatic heterocycles. The first kappa shape index (κ1) is 20.6. The number of pyridine rings is 1. The van der Waals surface area contributed by atoms with Crippen molar-refractivity contribution in [3.63, 3.8) is 0 Å². The maximum absolute atomic E-state index is 12.8. The van der Waals surface area contributed by atoms with Gasteiger partial charge in [0.2, 0.25) is 0 Å². The van der Waals surface area contributed by atoms with Crippen molar-refractivity contribution in [1.29, 1.82) is 0 Å². The van der Waals surface area contributed by atoms with E-state index >= 15 is 0 Å². The standard InChI is InChI=1S/C20H18ClF3N4O2/c1-12-2-3-16-14(8-12)17(29)19(30)28(16)11-26-4-6-27(7-5-26)18-15(21)9-13(10-25-18)20(22,23)24/h2-3,8-10H,4-7,11H2,1H3. The largest absolute Gasteiger partial charge is 0.417 e. The summed E-state index contributed by atoms with van der Waals surface area (Å²) in [6, 6.07) is 6.22. The molecule has 1 aromatic carbocycles. The molecule has 0 bridgehead atoms. The lowest BCUT2D eigenvalue weighted by atomic mass is 10.1. The van der Waals surface area contributed by atoms with Gasteiger partial charge in [-0.25, -0.2) is 4.98 Å². The molecule has 2 aromatic rings. The molecule has 1 saturated heterocycles. The molecule has 0 unspecified atom stereocenters. The van der Waals surface area contributed by atoms with Gasteiger partial charge in [0.15, 0.2) is 0 Å². The van der Waals surface area contributed by atoms with E-state index in [4.69, 9.17) is 11.6 Å². The van der Waals surface area contributed by atoms with Crippen LogP contribution in [0.5, 0.6) is 0 Å². The minimum atomic E-state index is -4.50. The molecular weight excluding hydrogens is 421 g/mol. The van der Waals surface area contributed by atoms with Gasteiger partial charge in [-0.1, -0.05) is 23.2 Å². The number of ketones is 1. The number of hydrogen-bond acceptors (Lipinski definition) is 5. The van der Waals surface area contributed by atoms with E-state index in [1.54, 1.807) is 12.1 Å².